The first kappa shape index (κ1) is 13.4. The van der Waals surface area contributed by atoms with Crippen LogP contribution in [-0.4, -0.2) is 10.7 Å². The molecule has 0 aliphatic rings. The van der Waals surface area contributed by atoms with Gasteiger partial charge in [-0.2, -0.15) is 0 Å². The maximum atomic E-state index is 10.9. The maximum Gasteiger partial charge on any atom is 0.433 e. The molecule has 0 saturated carbocycles. The van der Waals surface area contributed by atoms with Crippen molar-refractivity contribution in [2.45, 2.75) is 33.6 Å². The van der Waals surface area contributed by atoms with Gasteiger partial charge in [-0.25, -0.2) is 0 Å². The van der Waals surface area contributed by atoms with E-state index >= 15 is 0 Å². The maximum absolute atomic E-state index is 10.9. The van der Waals surface area contributed by atoms with Crippen molar-refractivity contribution in [2.75, 3.05) is 0 Å². The van der Waals surface area contributed by atoms with Gasteiger partial charge >= 0.3 is 5.88 Å². The van der Waals surface area contributed by atoms with Crippen LogP contribution in [0.25, 0.3) is 0 Å². The zero-order valence-corrected chi connectivity index (χ0v) is 9.15. The van der Waals surface area contributed by atoms with Gasteiger partial charge in [0.15, 0.2) is 11.5 Å². The fraction of sp³-hybridized carbons (Fsp3) is 0.500. The van der Waals surface area contributed by atoms with E-state index in [9.17, 15) is 14.9 Å². The lowest BCUT2D eigenvalue weighted by atomic mass is 10.2. The molecule has 0 saturated heterocycles. The van der Waals surface area contributed by atoms with Gasteiger partial charge in [0.25, 0.3) is 0 Å². The Morgan fingerprint density at radius 3 is 2.27 bits per heavy atom. The summed E-state index contributed by atoms with van der Waals surface area (Å²) in [5, 5.41) is 10.1. The molecule has 0 aliphatic carbocycles. The first-order valence-corrected chi connectivity index (χ1v) is 4.84. The molecule has 5 nitrogen and oxygen atoms in total. The van der Waals surface area contributed by atoms with E-state index in [1.807, 2.05) is 0 Å². The quantitative estimate of drug-likeness (QED) is 0.439. The minimum Gasteiger partial charge on any atom is -0.397 e. The lowest BCUT2D eigenvalue weighted by Gasteiger charge is -1.87. The zero-order chi connectivity index (χ0) is 11.8. The summed E-state index contributed by atoms with van der Waals surface area (Å²) in [4.78, 5) is 20.4. The number of hydrogen-bond acceptors (Lipinski definition) is 4. The molecule has 1 aromatic rings. The highest BCUT2D eigenvalue weighted by molar-refractivity contribution is 5.93. The number of ketones is 1. The van der Waals surface area contributed by atoms with E-state index in [-0.39, 0.29) is 18.0 Å². The Balaban J connectivity index is 0.000000583. The number of hydrogen-bond donors (Lipinski definition) is 0. The second-order valence-corrected chi connectivity index (χ2v) is 2.88. The number of nitro groups is 1. The van der Waals surface area contributed by atoms with Crippen LogP contribution in [0, 0.1) is 10.1 Å². The van der Waals surface area contributed by atoms with Crippen LogP contribution in [0.5, 0.6) is 0 Å². The largest absolute Gasteiger partial charge is 0.433 e. The van der Waals surface area contributed by atoms with E-state index in [4.69, 9.17) is 0 Å². The van der Waals surface area contributed by atoms with Gasteiger partial charge in [-0.3, -0.25) is 14.9 Å². The third kappa shape index (κ3) is 4.39. The van der Waals surface area contributed by atoms with Crippen LogP contribution < -0.4 is 0 Å². The molecule has 0 spiro atoms. The van der Waals surface area contributed by atoms with Gasteiger partial charge in [0, 0.05) is 6.42 Å². The lowest BCUT2D eigenvalue weighted by Crippen LogP contribution is -1.92. The molecule has 0 bridgehead atoms. The predicted molar refractivity (Wildman–Crippen MR) is 55.9 cm³/mol. The summed E-state index contributed by atoms with van der Waals surface area (Å²) in [5.41, 5.74) is 0. The van der Waals surface area contributed by atoms with Crippen molar-refractivity contribution in [3.05, 3.63) is 28.0 Å². The normalized spacial score (nSPS) is 9.00. The fourth-order valence-corrected chi connectivity index (χ4v) is 0.750. The van der Waals surface area contributed by atoms with Gasteiger partial charge in [0.05, 0.1) is 6.07 Å². The second-order valence-electron chi connectivity index (χ2n) is 2.88. The minimum atomic E-state index is -0.674. The first-order chi connectivity index (χ1) is 7.06. The average molecular weight is 213 g/mol. The predicted octanol–water partition coefficient (Wildman–Crippen LogP) is 3.20. The van der Waals surface area contributed by atoms with Gasteiger partial charge in [0.1, 0.15) is 4.92 Å². The van der Waals surface area contributed by atoms with Gasteiger partial charge in [-0.1, -0.05) is 27.2 Å². The summed E-state index contributed by atoms with van der Waals surface area (Å²) in [6.07, 6.45) is 1.53. The summed E-state index contributed by atoms with van der Waals surface area (Å²) < 4.78 is 4.65. The molecule has 0 fully saturated rings. The average Bonchev–Trinajstić information content (AvgIpc) is 2.66. The molecule has 1 rings (SSSR count). The molecule has 84 valence electrons. The fourth-order valence-electron chi connectivity index (χ4n) is 0.750. The van der Waals surface area contributed by atoms with Crippen molar-refractivity contribution >= 4 is 11.7 Å². The molecule has 0 radical (unpaired) electrons. The third-order valence-electron chi connectivity index (χ3n) is 1.37. The van der Waals surface area contributed by atoms with E-state index in [2.05, 4.69) is 18.3 Å². The van der Waals surface area contributed by atoms with Crippen molar-refractivity contribution in [1.29, 1.82) is 0 Å². The highest BCUT2D eigenvalue weighted by Gasteiger charge is 2.15. The van der Waals surface area contributed by atoms with Crippen LogP contribution in [-0.2, 0) is 0 Å². The Kier molecular flexibility index (Phi) is 6.01. The van der Waals surface area contributed by atoms with Gasteiger partial charge in [-0.05, 0) is 6.07 Å². The number of rotatable bonds is 3. The Hall–Kier alpha value is -1.65. The van der Waals surface area contributed by atoms with Crippen LogP contribution in [0.4, 0.5) is 5.88 Å². The Morgan fingerprint density at radius 1 is 1.40 bits per heavy atom. The van der Waals surface area contributed by atoms with Crippen LogP contribution >= 0.6 is 0 Å². The summed E-state index contributed by atoms with van der Waals surface area (Å²) in [6, 6.07) is 2.48. The summed E-state index contributed by atoms with van der Waals surface area (Å²) >= 11 is 0. The highest BCUT2D eigenvalue weighted by atomic mass is 16.6. The third-order valence-corrected chi connectivity index (χ3v) is 1.37. The Morgan fingerprint density at radius 2 is 1.93 bits per heavy atom. The number of Topliss-reactive ketones (excluding diaryl/α,β-unsaturated/α-hetero) is 1. The molecule has 0 aromatic carbocycles. The first-order valence-electron chi connectivity index (χ1n) is 4.84. The summed E-state index contributed by atoms with van der Waals surface area (Å²) in [5.74, 6) is -0.584. The number of furan rings is 1. The van der Waals surface area contributed by atoms with Crippen LogP contribution in [0.15, 0.2) is 16.5 Å². The molecule has 0 unspecified atom stereocenters. The molecule has 1 heterocycles. The summed E-state index contributed by atoms with van der Waals surface area (Å²) in [6.45, 7) is 5.91. The van der Waals surface area contributed by atoms with Gasteiger partial charge < -0.3 is 4.42 Å². The number of nitrogens with zero attached hydrogens (tertiary/aromatic N) is 1. The monoisotopic (exact) mass is 213 g/mol. The standard InChI is InChI=1S/C7H7NO4.C3H8/c1-2-5(9)6-3-4-7(12-6)8(10)11;1-3-2/h3-4H,2H2,1H3;3H2,1-2H3. The second kappa shape index (κ2) is 6.75. The smallest absolute Gasteiger partial charge is 0.397 e. The Labute approximate surface area is 88.2 Å². The van der Waals surface area contributed by atoms with Crippen molar-refractivity contribution in [3.8, 4) is 0 Å². The van der Waals surface area contributed by atoms with Crippen molar-refractivity contribution in [1.82, 2.24) is 0 Å². The van der Waals surface area contributed by atoms with Crippen molar-refractivity contribution < 1.29 is 14.1 Å². The molecule has 0 atom stereocenters. The molecular weight excluding hydrogens is 198 g/mol. The molecule has 0 amide bonds. The SMILES string of the molecule is CCC.CCC(=O)c1ccc([N+](=O)[O-])o1. The van der Waals surface area contributed by atoms with Gasteiger partial charge in [0.2, 0.25) is 0 Å². The lowest BCUT2D eigenvalue weighted by molar-refractivity contribution is -0.402. The minimum absolute atomic E-state index is 0.0456. The van der Waals surface area contributed by atoms with E-state index in [1.165, 1.54) is 18.6 Å². The van der Waals surface area contributed by atoms with Crippen molar-refractivity contribution in [3.63, 3.8) is 0 Å². The number of carbonyl (C=O) groups excluding carboxylic acids is 1. The van der Waals surface area contributed by atoms with E-state index in [0.717, 1.165) is 0 Å². The van der Waals surface area contributed by atoms with Gasteiger partial charge in [-0.15, -0.1) is 0 Å². The molecule has 5 heteroatoms. The molecular formula is C10H15NO4. The summed E-state index contributed by atoms with van der Waals surface area (Å²) in [7, 11) is 0. The van der Waals surface area contributed by atoms with E-state index in [0.29, 0.717) is 0 Å². The molecule has 15 heavy (non-hydrogen) atoms. The van der Waals surface area contributed by atoms with Crippen molar-refractivity contribution in [2.24, 2.45) is 0 Å². The van der Waals surface area contributed by atoms with E-state index in [1.54, 1.807) is 6.92 Å². The molecule has 0 aliphatic heterocycles. The van der Waals surface area contributed by atoms with E-state index < -0.39 is 10.8 Å². The van der Waals surface area contributed by atoms with Crippen LogP contribution in [0.3, 0.4) is 0 Å². The molecule has 0 N–H and O–H groups in total. The zero-order valence-electron chi connectivity index (χ0n) is 9.15. The Bertz CT molecular complexity index is 330. The number of carbonyl (C=O) groups is 1. The van der Waals surface area contributed by atoms with Crippen LogP contribution in [0.2, 0.25) is 0 Å². The van der Waals surface area contributed by atoms with Crippen LogP contribution in [0.1, 0.15) is 44.2 Å². The topological polar surface area (TPSA) is 73.3 Å². The molecule has 1 aromatic heterocycles. The highest BCUT2D eigenvalue weighted by Crippen LogP contribution is 2.16.